The van der Waals surface area contributed by atoms with E-state index in [-0.39, 0.29) is 5.82 Å². The first-order chi connectivity index (χ1) is 7.56. The minimum Gasteiger partial charge on any atom is -0.388 e. The summed E-state index contributed by atoms with van der Waals surface area (Å²) in [5, 5.41) is 10.1. The molecule has 16 heavy (non-hydrogen) atoms. The van der Waals surface area contributed by atoms with Crippen molar-refractivity contribution in [2.24, 2.45) is 0 Å². The van der Waals surface area contributed by atoms with Crippen LogP contribution in [0.4, 0.5) is 4.39 Å². The minimum atomic E-state index is -0.539. The number of nitrogens with zero attached hydrogens (tertiary/aromatic N) is 1. The highest BCUT2D eigenvalue weighted by atomic mass is 79.9. The van der Waals surface area contributed by atoms with Gasteiger partial charge in [0.05, 0.1) is 11.0 Å². The molecule has 2 nitrogen and oxygen atoms in total. The van der Waals surface area contributed by atoms with Crippen molar-refractivity contribution in [1.82, 2.24) is 4.98 Å². The number of aliphatic hydroxyl groups excluding tert-OH is 1. The smallest absolute Gasteiger partial charge is 0.125 e. The quantitative estimate of drug-likeness (QED) is 0.916. The van der Waals surface area contributed by atoms with Crippen LogP contribution in [0.2, 0.25) is 0 Å². The summed E-state index contributed by atoms with van der Waals surface area (Å²) in [6.07, 6.45) is 1.08. The number of thiazole rings is 1. The zero-order valence-corrected chi connectivity index (χ0v) is 10.8. The third-order valence-electron chi connectivity index (χ3n) is 2.04. The molecule has 0 saturated carbocycles. The summed E-state index contributed by atoms with van der Waals surface area (Å²) >= 11 is 4.60. The van der Waals surface area contributed by atoms with Gasteiger partial charge in [-0.1, -0.05) is 15.9 Å². The molecule has 84 valence electrons. The van der Waals surface area contributed by atoms with E-state index in [2.05, 4.69) is 20.9 Å². The van der Waals surface area contributed by atoms with Gasteiger partial charge >= 0.3 is 0 Å². The lowest BCUT2D eigenvalue weighted by atomic mass is 10.2. The Kier molecular flexibility index (Phi) is 3.37. The standard InChI is InChI=1S/C11H9BrFNOS/c1-6(15)10-5-14-11(16-10)7-2-8(12)4-9(13)3-7/h2-6,15H,1H3. The summed E-state index contributed by atoms with van der Waals surface area (Å²) in [4.78, 5) is 4.93. The molecule has 0 aliphatic heterocycles. The Morgan fingerprint density at radius 3 is 2.75 bits per heavy atom. The molecule has 0 saturated heterocycles. The largest absolute Gasteiger partial charge is 0.388 e. The van der Waals surface area contributed by atoms with E-state index in [4.69, 9.17) is 0 Å². The Hall–Kier alpha value is -0.780. The molecule has 0 aliphatic carbocycles. The fourth-order valence-corrected chi connectivity index (χ4v) is 2.60. The lowest BCUT2D eigenvalue weighted by Crippen LogP contribution is -1.83. The van der Waals surface area contributed by atoms with Crippen molar-refractivity contribution < 1.29 is 9.50 Å². The Bertz CT molecular complexity index is 492. The van der Waals surface area contributed by atoms with E-state index in [1.807, 2.05) is 0 Å². The first-order valence-corrected chi connectivity index (χ1v) is 6.27. The third kappa shape index (κ3) is 2.48. The van der Waals surface area contributed by atoms with E-state index >= 15 is 0 Å². The van der Waals surface area contributed by atoms with E-state index < -0.39 is 6.10 Å². The lowest BCUT2D eigenvalue weighted by molar-refractivity contribution is 0.203. The van der Waals surface area contributed by atoms with Gasteiger partial charge < -0.3 is 5.11 Å². The summed E-state index contributed by atoms with van der Waals surface area (Å²) in [6.45, 7) is 1.68. The summed E-state index contributed by atoms with van der Waals surface area (Å²) in [5.74, 6) is -0.307. The molecule has 1 unspecified atom stereocenters. The molecule has 0 bridgehead atoms. The highest BCUT2D eigenvalue weighted by molar-refractivity contribution is 9.10. The van der Waals surface area contributed by atoms with Gasteiger partial charge in [0.25, 0.3) is 0 Å². The highest BCUT2D eigenvalue weighted by Gasteiger charge is 2.09. The number of aliphatic hydroxyl groups is 1. The first-order valence-electron chi connectivity index (χ1n) is 4.66. The average molecular weight is 302 g/mol. The van der Waals surface area contributed by atoms with Gasteiger partial charge in [-0.05, 0) is 25.1 Å². The van der Waals surface area contributed by atoms with E-state index in [0.29, 0.717) is 15.0 Å². The molecule has 0 fully saturated rings. The van der Waals surface area contributed by atoms with Crippen molar-refractivity contribution in [3.05, 3.63) is 39.6 Å². The van der Waals surface area contributed by atoms with Gasteiger partial charge in [0.15, 0.2) is 0 Å². The van der Waals surface area contributed by atoms with Crippen LogP contribution in [0.3, 0.4) is 0 Å². The van der Waals surface area contributed by atoms with E-state index in [0.717, 1.165) is 4.88 Å². The fraction of sp³-hybridized carbons (Fsp3) is 0.182. The summed E-state index contributed by atoms with van der Waals surface area (Å²) < 4.78 is 13.9. The maximum absolute atomic E-state index is 13.2. The molecule has 0 amide bonds. The molecule has 0 radical (unpaired) electrons. The molecule has 1 heterocycles. The fourth-order valence-electron chi connectivity index (χ4n) is 1.29. The van der Waals surface area contributed by atoms with Crippen LogP contribution < -0.4 is 0 Å². The first kappa shape index (κ1) is 11.7. The second-order valence-corrected chi connectivity index (χ2v) is 5.38. The van der Waals surface area contributed by atoms with Gasteiger partial charge in [-0.15, -0.1) is 11.3 Å². The summed E-state index contributed by atoms with van der Waals surface area (Å²) in [6, 6.07) is 4.62. The molecule has 2 rings (SSSR count). The number of aromatic nitrogens is 1. The molecule has 0 spiro atoms. The van der Waals surface area contributed by atoms with Crippen molar-refractivity contribution in [3.8, 4) is 10.6 Å². The zero-order chi connectivity index (χ0) is 11.7. The van der Waals surface area contributed by atoms with Crippen LogP contribution in [0.25, 0.3) is 10.6 Å². The third-order valence-corrected chi connectivity index (χ3v) is 3.72. The molecule has 2 aromatic rings. The number of rotatable bonds is 2. The van der Waals surface area contributed by atoms with Crippen LogP contribution in [-0.4, -0.2) is 10.1 Å². The molecule has 1 aromatic heterocycles. The number of halogens is 2. The summed E-state index contributed by atoms with van der Waals surface area (Å²) in [5.41, 5.74) is 0.712. The van der Waals surface area contributed by atoms with Gasteiger partial charge in [0, 0.05) is 16.2 Å². The monoisotopic (exact) mass is 301 g/mol. The minimum absolute atomic E-state index is 0.307. The Morgan fingerprint density at radius 2 is 2.19 bits per heavy atom. The normalized spacial score (nSPS) is 12.8. The maximum atomic E-state index is 13.2. The second-order valence-electron chi connectivity index (χ2n) is 3.40. The van der Waals surface area contributed by atoms with Gasteiger partial charge in [-0.2, -0.15) is 0 Å². The van der Waals surface area contributed by atoms with Gasteiger partial charge in [-0.25, -0.2) is 9.37 Å². The molecule has 1 atom stereocenters. The lowest BCUT2D eigenvalue weighted by Gasteiger charge is -1.99. The van der Waals surface area contributed by atoms with Crippen molar-refractivity contribution in [2.75, 3.05) is 0 Å². The van der Waals surface area contributed by atoms with Gasteiger partial charge in [0.1, 0.15) is 10.8 Å². The molecule has 1 aromatic carbocycles. The Morgan fingerprint density at radius 1 is 1.44 bits per heavy atom. The Labute approximate surface area is 105 Å². The zero-order valence-electron chi connectivity index (χ0n) is 8.45. The summed E-state index contributed by atoms with van der Waals surface area (Å²) in [7, 11) is 0. The van der Waals surface area contributed by atoms with Crippen molar-refractivity contribution >= 4 is 27.3 Å². The predicted molar refractivity (Wildman–Crippen MR) is 65.8 cm³/mol. The molecule has 5 heteroatoms. The molecule has 0 aliphatic rings. The van der Waals surface area contributed by atoms with Crippen LogP contribution in [0.5, 0.6) is 0 Å². The predicted octanol–water partition coefficient (Wildman–Crippen LogP) is 3.77. The van der Waals surface area contributed by atoms with Crippen LogP contribution in [0.15, 0.2) is 28.9 Å². The van der Waals surface area contributed by atoms with Gasteiger partial charge in [-0.3, -0.25) is 0 Å². The number of hydrogen-bond donors (Lipinski definition) is 1. The number of benzene rings is 1. The molecular weight excluding hydrogens is 293 g/mol. The van der Waals surface area contributed by atoms with Crippen LogP contribution >= 0.6 is 27.3 Å². The van der Waals surface area contributed by atoms with Crippen LogP contribution in [-0.2, 0) is 0 Å². The Balaban J connectivity index is 2.42. The van der Waals surface area contributed by atoms with Crippen molar-refractivity contribution in [3.63, 3.8) is 0 Å². The van der Waals surface area contributed by atoms with Crippen molar-refractivity contribution in [1.29, 1.82) is 0 Å². The van der Waals surface area contributed by atoms with Gasteiger partial charge in [0.2, 0.25) is 0 Å². The van der Waals surface area contributed by atoms with Crippen LogP contribution in [0.1, 0.15) is 17.9 Å². The van der Waals surface area contributed by atoms with E-state index in [1.165, 1.54) is 23.5 Å². The van der Waals surface area contributed by atoms with Crippen molar-refractivity contribution in [2.45, 2.75) is 13.0 Å². The number of hydrogen-bond acceptors (Lipinski definition) is 3. The SMILES string of the molecule is CC(O)c1cnc(-c2cc(F)cc(Br)c2)s1. The van der Waals surface area contributed by atoms with E-state index in [9.17, 15) is 9.50 Å². The second kappa shape index (κ2) is 4.61. The van der Waals surface area contributed by atoms with Crippen LogP contribution in [0, 0.1) is 5.82 Å². The average Bonchev–Trinajstić information content (AvgIpc) is 2.64. The maximum Gasteiger partial charge on any atom is 0.125 e. The highest BCUT2D eigenvalue weighted by Crippen LogP contribution is 2.30. The topological polar surface area (TPSA) is 33.1 Å². The van der Waals surface area contributed by atoms with E-state index in [1.54, 1.807) is 19.2 Å². The molecule has 1 N–H and O–H groups in total. The molecular formula is C11H9BrFNOS.